The number of thiophene rings is 1. The Kier molecular flexibility index (Phi) is 8.73. The Balaban J connectivity index is 1.78. The van der Waals surface area contributed by atoms with Crippen LogP contribution in [0, 0.1) is 16.2 Å². The monoisotopic (exact) mass is 550 g/mol. The molecule has 0 bridgehead atoms. The number of fused-ring (bicyclic) bond motifs is 1. The van der Waals surface area contributed by atoms with E-state index in [1.54, 1.807) is 11.3 Å². The van der Waals surface area contributed by atoms with E-state index in [4.69, 9.17) is 9.47 Å². The summed E-state index contributed by atoms with van der Waals surface area (Å²) >= 11 is 1.80. The van der Waals surface area contributed by atoms with Crippen LogP contribution < -0.4 is 4.74 Å². The summed E-state index contributed by atoms with van der Waals surface area (Å²) in [6.07, 6.45) is 2.33. The van der Waals surface area contributed by atoms with Gasteiger partial charge in [0.1, 0.15) is 17.0 Å². The van der Waals surface area contributed by atoms with Crippen LogP contribution in [0.25, 0.3) is 20.5 Å². The van der Waals surface area contributed by atoms with Crippen molar-refractivity contribution < 1.29 is 14.3 Å². The van der Waals surface area contributed by atoms with Gasteiger partial charge in [0, 0.05) is 16.0 Å². The molecule has 0 N–H and O–H groups in total. The lowest BCUT2D eigenvalue weighted by atomic mass is 9.61. The minimum Gasteiger partial charge on any atom is -0.488 e. The van der Waals surface area contributed by atoms with E-state index < -0.39 is 16.6 Å². The van der Waals surface area contributed by atoms with E-state index in [1.807, 2.05) is 19.9 Å². The van der Waals surface area contributed by atoms with Crippen LogP contribution >= 0.6 is 11.3 Å². The summed E-state index contributed by atoms with van der Waals surface area (Å²) in [6.45, 7) is 25.3. The lowest BCUT2D eigenvalue weighted by Gasteiger charge is -2.45. The van der Waals surface area contributed by atoms with Crippen LogP contribution in [0.3, 0.4) is 0 Å². The van der Waals surface area contributed by atoms with Gasteiger partial charge in [0.25, 0.3) is 0 Å². The Morgan fingerprint density at radius 2 is 1.44 bits per heavy atom. The summed E-state index contributed by atoms with van der Waals surface area (Å²) in [6, 6.07) is 17.2. The normalized spacial score (nSPS) is 14.8. The van der Waals surface area contributed by atoms with E-state index in [1.165, 1.54) is 26.1 Å². The number of carbonyl (C=O) groups excluding carboxylic acids is 1. The van der Waals surface area contributed by atoms with Crippen molar-refractivity contribution in [1.82, 2.24) is 0 Å². The van der Waals surface area contributed by atoms with E-state index in [-0.39, 0.29) is 16.8 Å². The molecular formula is C35H50O3S. The van der Waals surface area contributed by atoms with Gasteiger partial charge in [0.2, 0.25) is 0 Å². The Morgan fingerprint density at radius 3 is 2.03 bits per heavy atom. The Hall–Kier alpha value is -2.33. The summed E-state index contributed by atoms with van der Waals surface area (Å²) in [5.74, 6) is 0.699. The fourth-order valence-electron chi connectivity index (χ4n) is 5.76. The van der Waals surface area contributed by atoms with Crippen molar-refractivity contribution in [3.63, 3.8) is 0 Å². The molecule has 0 saturated heterocycles. The largest absolute Gasteiger partial charge is 0.488 e. The number of aryl methyl sites for hydroxylation is 1. The number of esters is 1. The van der Waals surface area contributed by atoms with Gasteiger partial charge in [-0.15, -0.1) is 11.3 Å². The van der Waals surface area contributed by atoms with Gasteiger partial charge in [-0.1, -0.05) is 72.7 Å². The number of ether oxygens (including phenoxy) is 2. The zero-order valence-corrected chi connectivity index (χ0v) is 27.2. The highest BCUT2D eigenvalue weighted by atomic mass is 32.1. The molecule has 0 fully saturated rings. The Bertz CT molecular complexity index is 1300. The molecular weight excluding hydrogens is 500 g/mol. The van der Waals surface area contributed by atoms with E-state index in [0.29, 0.717) is 6.42 Å². The lowest BCUT2D eigenvalue weighted by Crippen LogP contribution is -2.48. The third-order valence-electron chi connectivity index (χ3n) is 7.76. The second kappa shape index (κ2) is 10.9. The highest BCUT2D eigenvalue weighted by molar-refractivity contribution is 7.22. The molecule has 0 spiro atoms. The number of benzene rings is 2. The fraction of sp³-hybridized carbons (Fsp3) is 0.571. The summed E-state index contributed by atoms with van der Waals surface area (Å²) in [4.78, 5) is 15.0. The maximum atomic E-state index is 13.7. The lowest BCUT2D eigenvalue weighted by molar-refractivity contribution is -0.181. The fourth-order valence-corrected chi connectivity index (χ4v) is 6.91. The number of hydrogen-bond acceptors (Lipinski definition) is 4. The van der Waals surface area contributed by atoms with Gasteiger partial charge in [-0.25, -0.2) is 0 Å². The van der Waals surface area contributed by atoms with Crippen molar-refractivity contribution in [2.45, 2.75) is 114 Å². The Morgan fingerprint density at radius 1 is 0.795 bits per heavy atom. The van der Waals surface area contributed by atoms with Crippen molar-refractivity contribution >= 4 is 27.4 Å². The summed E-state index contributed by atoms with van der Waals surface area (Å²) in [7, 11) is 0. The second-order valence-corrected chi connectivity index (χ2v) is 15.9. The summed E-state index contributed by atoms with van der Waals surface area (Å²) in [5, 5.41) is 1.22. The van der Waals surface area contributed by atoms with Crippen LogP contribution in [0.15, 0.2) is 48.5 Å². The van der Waals surface area contributed by atoms with E-state index >= 15 is 0 Å². The smallest absolute Gasteiger partial charge is 0.312 e. The van der Waals surface area contributed by atoms with Crippen LogP contribution in [0.5, 0.6) is 5.75 Å². The molecule has 1 unspecified atom stereocenters. The van der Waals surface area contributed by atoms with Gasteiger partial charge in [-0.3, -0.25) is 4.79 Å². The number of rotatable bonds is 9. The maximum Gasteiger partial charge on any atom is 0.312 e. The van der Waals surface area contributed by atoms with Gasteiger partial charge < -0.3 is 9.47 Å². The molecule has 2 aromatic carbocycles. The highest BCUT2D eigenvalue weighted by Crippen LogP contribution is 2.48. The van der Waals surface area contributed by atoms with Crippen LogP contribution in [0.4, 0.5) is 0 Å². The molecule has 39 heavy (non-hydrogen) atoms. The number of hydrogen-bond donors (Lipinski definition) is 0. The SMILES string of the molecule is CCc1ccccc1-c1cc2ccc(OC(C)(C)CC(C)(C)OC(=O)C(C)(CC(C)(C)C)C(C)(C)C)cc2s1. The zero-order chi connectivity index (χ0) is 29.4. The predicted molar refractivity (Wildman–Crippen MR) is 168 cm³/mol. The first-order chi connectivity index (χ1) is 17.8. The van der Waals surface area contributed by atoms with Gasteiger partial charge in [-0.2, -0.15) is 0 Å². The van der Waals surface area contributed by atoms with Crippen molar-refractivity contribution in [2.24, 2.45) is 16.2 Å². The minimum absolute atomic E-state index is 0.00644. The van der Waals surface area contributed by atoms with Gasteiger partial charge in [0.05, 0.1) is 5.41 Å². The zero-order valence-electron chi connectivity index (χ0n) is 26.4. The minimum atomic E-state index is -0.685. The molecule has 0 aliphatic heterocycles. The molecule has 0 amide bonds. The molecule has 4 heteroatoms. The van der Waals surface area contributed by atoms with Crippen molar-refractivity contribution in [3.05, 3.63) is 54.1 Å². The molecule has 3 nitrogen and oxygen atoms in total. The van der Waals surface area contributed by atoms with Crippen molar-refractivity contribution in [2.75, 3.05) is 0 Å². The molecule has 1 atom stereocenters. The molecule has 0 aliphatic carbocycles. The van der Waals surface area contributed by atoms with E-state index in [2.05, 4.69) is 112 Å². The first-order valence-corrected chi connectivity index (χ1v) is 15.1. The van der Waals surface area contributed by atoms with Gasteiger partial charge >= 0.3 is 5.97 Å². The molecule has 214 valence electrons. The third-order valence-corrected chi connectivity index (χ3v) is 8.89. The van der Waals surface area contributed by atoms with Gasteiger partial charge in [0.15, 0.2) is 0 Å². The van der Waals surface area contributed by atoms with Crippen LogP contribution in [-0.2, 0) is 16.0 Å². The maximum absolute atomic E-state index is 13.7. The van der Waals surface area contributed by atoms with Crippen molar-refractivity contribution in [1.29, 1.82) is 0 Å². The molecule has 3 rings (SSSR count). The molecule has 0 aliphatic rings. The van der Waals surface area contributed by atoms with Crippen LogP contribution in [0.2, 0.25) is 0 Å². The summed E-state index contributed by atoms with van der Waals surface area (Å²) in [5.41, 5.74) is 0.623. The van der Waals surface area contributed by atoms with E-state index in [9.17, 15) is 4.79 Å². The topological polar surface area (TPSA) is 35.5 Å². The van der Waals surface area contributed by atoms with Crippen LogP contribution in [0.1, 0.15) is 101 Å². The Labute approximate surface area is 241 Å². The molecule has 0 radical (unpaired) electrons. The second-order valence-electron chi connectivity index (χ2n) is 14.8. The average Bonchev–Trinajstić information content (AvgIpc) is 3.18. The quantitative estimate of drug-likeness (QED) is 0.249. The average molecular weight is 551 g/mol. The van der Waals surface area contributed by atoms with Crippen molar-refractivity contribution in [3.8, 4) is 16.2 Å². The third kappa shape index (κ3) is 7.66. The van der Waals surface area contributed by atoms with Gasteiger partial charge in [-0.05, 0) is 99.1 Å². The molecule has 1 heterocycles. The standard InChI is InChI=1S/C35H50O3S/c1-13-24-16-14-15-17-27(24)29-20-25-18-19-26(21-28(25)39-29)37-33(8,9)23-34(10,11)38-30(36)35(12,32(5,6)7)22-31(2,3)4/h14-21H,13,22-23H2,1-12H3. The molecule has 0 saturated carbocycles. The molecule has 3 aromatic rings. The first-order valence-electron chi connectivity index (χ1n) is 14.3. The summed E-state index contributed by atoms with van der Waals surface area (Å²) < 4.78 is 14.0. The highest BCUT2D eigenvalue weighted by Gasteiger charge is 2.49. The van der Waals surface area contributed by atoms with E-state index in [0.717, 1.165) is 18.6 Å². The van der Waals surface area contributed by atoms with Crippen LogP contribution in [-0.4, -0.2) is 17.2 Å². The molecule has 1 aromatic heterocycles. The first kappa shape index (κ1) is 31.2. The predicted octanol–water partition coefficient (Wildman–Crippen LogP) is 10.5. The number of carbonyl (C=O) groups is 1.